The molecule has 1 heterocycles. The maximum Gasteiger partial charge on any atom is 0.0284 e. The Morgan fingerprint density at radius 3 is 2.71 bits per heavy atom. The molecule has 2 aliphatic rings. The summed E-state index contributed by atoms with van der Waals surface area (Å²) in [7, 11) is 0. The molecule has 82 valence electrons. The summed E-state index contributed by atoms with van der Waals surface area (Å²) in [6, 6.07) is 0.818. The van der Waals surface area contributed by atoms with Crippen LogP contribution in [-0.4, -0.2) is 29.6 Å². The Kier molecular flexibility index (Phi) is 3.13. The Hall–Kier alpha value is -0.0800. The van der Waals surface area contributed by atoms with E-state index in [0.717, 1.165) is 12.6 Å². The molecule has 0 spiro atoms. The SMILES string of the molecule is CCC1CCCCCN1CC1(N)CC1. The fourth-order valence-electron chi connectivity index (χ4n) is 2.63. The van der Waals surface area contributed by atoms with Crippen LogP contribution in [0.4, 0.5) is 0 Å². The molecule has 0 aromatic heterocycles. The van der Waals surface area contributed by atoms with Crippen LogP contribution in [0.3, 0.4) is 0 Å². The standard InChI is InChI=1S/C12H24N2/c1-2-11-6-4-3-5-9-14(11)10-12(13)7-8-12/h11H,2-10,13H2,1H3. The molecule has 1 aliphatic carbocycles. The maximum absolute atomic E-state index is 6.20. The molecule has 0 aromatic carbocycles. The number of nitrogens with zero attached hydrogens (tertiary/aromatic N) is 1. The van der Waals surface area contributed by atoms with Gasteiger partial charge in [0.1, 0.15) is 0 Å². The summed E-state index contributed by atoms with van der Waals surface area (Å²) in [5.41, 5.74) is 6.41. The molecule has 1 aliphatic heterocycles. The van der Waals surface area contributed by atoms with E-state index in [1.165, 1.54) is 51.5 Å². The van der Waals surface area contributed by atoms with E-state index in [9.17, 15) is 0 Å². The highest BCUT2D eigenvalue weighted by Crippen LogP contribution is 2.34. The molecule has 14 heavy (non-hydrogen) atoms. The van der Waals surface area contributed by atoms with Gasteiger partial charge in [0.15, 0.2) is 0 Å². The summed E-state index contributed by atoms with van der Waals surface area (Å²) in [6.45, 7) is 4.77. The summed E-state index contributed by atoms with van der Waals surface area (Å²) >= 11 is 0. The van der Waals surface area contributed by atoms with Crippen LogP contribution in [0.2, 0.25) is 0 Å². The Labute approximate surface area is 87.8 Å². The van der Waals surface area contributed by atoms with E-state index in [0.29, 0.717) is 0 Å². The molecule has 1 unspecified atom stereocenters. The number of hydrogen-bond donors (Lipinski definition) is 1. The minimum absolute atomic E-state index is 0.206. The Bertz CT molecular complexity index is 187. The lowest BCUT2D eigenvalue weighted by Crippen LogP contribution is -2.44. The summed E-state index contributed by atoms with van der Waals surface area (Å²) in [4.78, 5) is 2.67. The lowest BCUT2D eigenvalue weighted by Gasteiger charge is -2.31. The monoisotopic (exact) mass is 196 g/mol. The topological polar surface area (TPSA) is 29.3 Å². The summed E-state index contributed by atoms with van der Waals surface area (Å²) in [6.07, 6.45) is 9.42. The predicted octanol–water partition coefficient (Wildman–Crippen LogP) is 2.13. The molecule has 2 fully saturated rings. The van der Waals surface area contributed by atoms with E-state index in [4.69, 9.17) is 5.73 Å². The minimum Gasteiger partial charge on any atom is -0.324 e. The second-order valence-corrected chi connectivity index (χ2v) is 5.24. The molecular formula is C12H24N2. The molecule has 1 atom stereocenters. The molecule has 0 amide bonds. The van der Waals surface area contributed by atoms with Gasteiger partial charge in [0.2, 0.25) is 0 Å². The minimum atomic E-state index is 0.206. The molecular weight excluding hydrogens is 172 g/mol. The highest BCUT2D eigenvalue weighted by molar-refractivity contribution is 5.01. The second kappa shape index (κ2) is 4.19. The van der Waals surface area contributed by atoms with Crippen LogP contribution in [0.1, 0.15) is 51.9 Å². The first kappa shape index (κ1) is 10.4. The summed E-state index contributed by atoms with van der Waals surface area (Å²) < 4.78 is 0. The second-order valence-electron chi connectivity index (χ2n) is 5.24. The first-order chi connectivity index (χ1) is 6.73. The van der Waals surface area contributed by atoms with Gasteiger partial charge < -0.3 is 5.73 Å². The normalized spacial score (nSPS) is 32.6. The maximum atomic E-state index is 6.20. The van der Waals surface area contributed by atoms with Gasteiger partial charge in [-0.2, -0.15) is 0 Å². The zero-order chi connectivity index (χ0) is 10.0. The van der Waals surface area contributed by atoms with E-state index in [1.54, 1.807) is 0 Å². The van der Waals surface area contributed by atoms with E-state index in [-0.39, 0.29) is 5.54 Å². The molecule has 2 heteroatoms. The van der Waals surface area contributed by atoms with E-state index >= 15 is 0 Å². The van der Waals surface area contributed by atoms with Crippen LogP contribution < -0.4 is 5.73 Å². The van der Waals surface area contributed by atoms with Crippen LogP contribution in [0.25, 0.3) is 0 Å². The van der Waals surface area contributed by atoms with Crippen molar-refractivity contribution in [2.24, 2.45) is 5.73 Å². The molecule has 0 aromatic rings. The fourth-order valence-corrected chi connectivity index (χ4v) is 2.63. The third kappa shape index (κ3) is 2.48. The van der Waals surface area contributed by atoms with Gasteiger partial charge in [0.05, 0.1) is 0 Å². The highest BCUT2D eigenvalue weighted by atomic mass is 15.2. The zero-order valence-electron chi connectivity index (χ0n) is 9.47. The molecule has 0 bridgehead atoms. The van der Waals surface area contributed by atoms with Gasteiger partial charge in [-0.25, -0.2) is 0 Å². The molecule has 2 nitrogen and oxygen atoms in total. The number of nitrogens with two attached hydrogens (primary N) is 1. The van der Waals surface area contributed by atoms with Gasteiger partial charge in [-0.05, 0) is 38.6 Å². The number of likely N-dealkylation sites (tertiary alicyclic amines) is 1. The van der Waals surface area contributed by atoms with Crippen LogP contribution in [0.15, 0.2) is 0 Å². The highest BCUT2D eigenvalue weighted by Gasteiger charge is 2.40. The van der Waals surface area contributed by atoms with Crippen molar-refractivity contribution in [2.75, 3.05) is 13.1 Å². The predicted molar refractivity (Wildman–Crippen MR) is 60.3 cm³/mol. The summed E-state index contributed by atoms with van der Waals surface area (Å²) in [5.74, 6) is 0. The van der Waals surface area contributed by atoms with Crippen molar-refractivity contribution in [2.45, 2.75) is 63.5 Å². The zero-order valence-corrected chi connectivity index (χ0v) is 9.47. The van der Waals surface area contributed by atoms with Crippen molar-refractivity contribution in [1.29, 1.82) is 0 Å². The Morgan fingerprint density at radius 2 is 2.07 bits per heavy atom. The molecule has 1 saturated heterocycles. The average Bonchev–Trinajstić information content (AvgIpc) is 2.91. The lowest BCUT2D eigenvalue weighted by atomic mass is 10.1. The van der Waals surface area contributed by atoms with Crippen molar-refractivity contribution in [3.05, 3.63) is 0 Å². The quantitative estimate of drug-likeness (QED) is 0.749. The molecule has 1 saturated carbocycles. The van der Waals surface area contributed by atoms with Gasteiger partial charge in [-0.1, -0.05) is 19.8 Å². The van der Waals surface area contributed by atoms with E-state index in [1.807, 2.05) is 0 Å². The van der Waals surface area contributed by atoms with Crippen LogP contribution in [0, 0.1) is 0 Å². The van der Waals surface area contributed by atoms with Crippen molar-refractivity contribution < 1.29 is 0 Å². The van der Waals surface area contributed by atoms with Crippen LogP contribution in [0.5, 0.6) is 0 Å². The van der Waals surface area contributed by atoms with E-state index < -0.39 is 0 Å². The Morgan fingerprint density at radius 1 is 1.29 bits per heavy atom. The van der Waals surface area contributed by atoms with Crippen molar-refractivity contribution in [3.8, 4) is 0 Å². The first-order valence-corrected chi connectivity index (χ1v) is 6.26. The largest absolute Gasteiger partial charge is 0.324 e. The third-order valence-corrected chi connectivity index (χ3v) is 3.88. The first-order valence-electron chi connectivity index (χ1n) is 6.26. The number of hydrogen-bond acceptors (Lipinski definition) is 2. The Balaban J connectivity index is 1.90. The van der Waals surface area contributed by atoms with Gasteiger partial charge >= 0.3 is 0 Å². The van der Waals surface area contributed by atoms with Gasteiger partial charge in [0, 0.05) is 18.1 Å². The average molecular weight is 196 g/mol. The lowest BCUT2D eigenvalue weighted by molar-refractivity contribution is 0.178. The third-order valence-electron chi connectivity index (χ3n) is 3.88. The van der Waals surface area contributed by atoms with Gasteiger partial charge in [-0.3, -0.25) is 4.90 Å². The van der Waals surface area contributed by atoms with Crippen molar-refractivity contribution in [1.82, 2.24) is 4.90 Å². The van der Waals surface area contributed by atoms with Crippen molar-refractivity contribution in [3.63, 3.8) is 0 Å². The van der Waals surface area contributed by atoms with Crippen LogP contribution in [-0.2, 0) is 0 Å². The molecule has 2 N–H and O–H groups in total. The van der Waals surface area contributed by atoms with Gasteiger partial charge in [0.25, 0.3) is 0 Å². The molecule has 2 rings (SSSR count). The number of rotatable bonds is 3. The molecule has 0 radical (unpaired) electrons. The van der Waals surface area contributed by atoms with E-state index in [2.05, 4.69) is 11.8 Å². The fraction of sp³-hybridized carbons (Fsp3) is 1.00. The van der Waals surface area contributed by atoms with Crippen molar-refractivity contribution >= 4 is 0 Å². The smallest absolute Gasteiger partial charge is 0.0284 e. The van der Waals surface area contributed by atoms with Gasteiger partial charge in [-0.15, -0.1) is 0 Å². The van der Waals surface area contributed by atoms with Crippen LogP contribution >= 0.6 is 0 Å². The summed E-state index contributed by atoms with van der Waals surface area (Å²) in [5, 5.41) is 0.